The maximum atomic E-state index is 11.0. The lowest BCUT2D eigenvalue weighted by molar-refractivity contribution is -0.149. The zero-order chi connectivity index (χ0) is 11.4. The van der Waals surface area contributed by atoms with Gasteiger partial charge in [0.1, 0.15) is 6.42 Å². The van der Waals surface area contributed by atoms with Crippen LogP contribution in [-0.2, 0) is 19.1 Å². The highest BCUT2D eigenvalue weighted by molar-refractivity contribution is 5.94. The third-order valence-electron chi connectivity index (χ3n) is 2.08. The van der Waals surface area contributed by atoms with Gasteiger partial charge in [-0.15, -0.1) is 0 Å². The van der Waals surface area contributed by atoms with Gasteiger partial charge in [0.25, 0.3) is 12.2 Å². The summed E-state index contributed by atoms with van der Waals surface area (Å²) in [6, 6.07) is 9.33. The number of carbonyl (C=O) groups excluding carboxylic acids is 1. The van der Waals surface area contributed by atoms with E-state index in [9.17, 15) is 4.79 Å². The molecule has 0 saturated heterocycles. The maximum absolute atomic E-state index is 11.0. The number of hydrogen-bond acceptors (Lipinski definition) is 5. The van der Waals surface area contributed by atoms with Crippen molar-refractivity contribution in [3.8, 4) is 0 Å². The molecule has 0 radical (unpaired) electrons. The van der Waals surface area contributed by atoms with Crippen molar-refractivity contribution in [2.75, 3.05) is 7.11 Å². The minimum atomic E-state index is -0.692. The Morgan fingerprint density at radius 3 is 2.88 bits per heavy atom. The molecule has 16 heavy (non-hydrogen) atoms. The molecular formula is C11H11NO4. The summed E-state index contributed by atoms with van der Waals surface area (Å²) in [7, 11) is 1.32. The van der Waals surface area contributed by atoms with Crippen LogP contribution >= 0.6 is 0 Å². The van der Waals surface area contributed by atoms with Gasteiger partial charge in [-0.1, -0.05) is 18.2 Å². The summed E-state index contributed by atoms with van der Waals surface area (Å²) in [6.45, 7) is 0. The van der Waals surface area contributed by atoms with Gasteiger partial charge in [-0.25, -0.2) is 0 Å². The molecule has 0 aromatic heterocycles. The van der Waals surface area contributed by atoms with E-state index in [0.29, 0.717) is 5.90 Å². The summed E-state index contributed by atoms with van der Waals surface area (Å²) in [5, 5.41) is 3.76. The molecule has 1 atom stereocenters. The molecule has 1 aliphatic heterocycles. The van der Waals surface area contributed by atoms with E-state index in [-0.39, 0.29) is 6.42 Å². The van der Waals surface area contributed by atoms with E-state index in [4.69, 9.17) is 9.57 Å². The van der Waals surface area contributed by atoms with Gasteiger partial charge in [0.2, 0.25) is 0 Å². The van der Waals surface area contributed by atoms with Crippen molar-refractivity contribution in [2.45, 2.75) is 12.7 Å². The summed E-state index contributed by atoms with van der Waals surface area (Å²) in [6.07, 6.45) is -0.668. The normalized spacial score (nSPS) is 18.3. The Morgan fingerprint density at radius 1 is 1.44 bits per heavy atom. The average molecular weight is 221 g/mol. The first-order valence-electron chi connectivity index (χ1n) is 4.82. The fourth-order valence-electron chi connectivity index (χ4n) is 1.27. The Bertz CT molecular complexity index is 402. The average Bonchev–Trinajstić information content (AvgIpc) is 2.78. The molecule has 1 aromatic carbocycles. The smallest absolute Gasteiger partial charge is 0.313 e. The third kappa shape index (κ3) is 2.31. The largest absolute Gasteiger partial charge is 0.469 e. The number of esters is 1. The van der Waals surface area contributed by atoms with Crippen molar-refractivity contribution >= 4 is 11.9 Å². The molecule has 0 N–H and O–H groups in total. The molecule has 0 aliphatic carbocycles. The van der Waals surface area contributed by atoms with Gasteiger partial charge in [-0.3, -0.25) is 4.79 Å². The molecule has 0 fully saturated rings. The quantitative estimate of drug-likeness (QED) is 0.721. The van der Waals surface area contributed by atoms with Crippen molar-refractivity contribution in [3.63, 3.8) is 0 Å². The number of carbonyl (C=O) groups is 1. The second kappa shape index (κ2) is 4.65. The highest BCUT2D eigenvalue weighted by Gasteiger charge is 2.25. The third-order valence-corrected chi connectivity index (χ3v) is 2.08. The Kier molecular flexibility index (Phi) is 3.05. The van der Waals surface area contributed by atoms with Crippen LogP contribution in [0, 0.1) is 0 Å². The highest BCUT2D eigenvalue weighted by Crippen LogP contribution is 2.15. The summed E-state index contributed by atoms with van der Waals surface area (Å²) >= 11 is 0. The summed E-state index contributed by atoms with van der Waals surface area (Å²) in [5.41, 5.74) is 0.815. The lowest BCUT2D eigenvalue weighted by atomic mass is 10.2. The number of ether oxygens (including phenoxy) is 2. The lowest BCUT2D eigenvalue weighted by Crippen LogP contribution is -2.18. The summed E-state index contributed by atoms with van der Waals surface area (Å²) in [4.78, 5) is 15.9. The number of hydrogen-bond donors (Lipinski definition) is 0. The first-order valence-corrected chi connectivity index (χ1v) is 4.82. The van der Waals surface area contributed by atoms with Gasteiger partial charge in [-0.05, 0) is 17.3 Å². The Labute approximate surface area is 92.6 Å². The van der Waals surface area contributed by atoms with Crippen LogP contribution in [0.25, 0.3) is 0 Å². The van der Waals surface area contributed by atoms with Crippen LogP contribution in [0.1, 0.15) is 12.0 Å². The standard InChI is InChI=1S/C11H11NO4/c1-14-9(13)7-10-15-11(12-16-10)8-5-3-2-4-6-8/h2-6,10H,7H2,1H3. The van der Waals surface area contributed by atoms with Crippen molar-refractivity contribution in [2.24, 2.45) is 5.16 Å². The Balaban J connectivity index is 1.95. The SMILES string of the molecule is COC(=O)CC1ON=C(c2ccccc2)O1. The second-order valence-corrected chi connectivity index (χ2v) is 3.20. The second-order valence-electron chi connectivity index (χ2n) is 3.20. The van der Waals surface area contributed by atoms with Crippen molar-refractivity contribution < 1.29 is 19.1 Å². The fraction of sp³-hybridized carbons (Fsp3) is 0.273. The van der Waals surface area contributed by atoms with Gasteiger partial charge in [-0.2, -0.15) is 0 Å². The van der Waals surface area contributed by atoms with Crippen molar-refractivity contribution in [1.82, 2.24) is 0 Å². The van der Waals surface area contributed by atoms with Crippen molar-refractivity contribution in [1.29, 1.82) is 0 Å². The molecular weight excluding hydrogens is 210 g/mol. The summed E-state index contributed by atoms with van der Waals surface area (Å²) in [5.74, 6) is -0.0102. The molecule has 0 spiro atoms. The molecule has 2 rings (SSSR count). The van der Waals surface area contributed by atoms with Gasteiger partial charge < -0.3 is 14.3 Å². The van der Waals surface area contributed by atoms with Gasteiger partial charge >= 0.3 is 5.97 Å². The number of nitrogens with zero attached hydrogens (tertiary/aromatic N) is 1. The van der Waals surface area contributed by atoms with E-state index in [1.165, 1.54) is 7.11 Å². The Hall–Kier alpha value is -2.04. The van der Waals surface area contributed by atoms with E-state index in [2.05, 4.69) is 9.89 Å². The van der Waals surface area contributed by atoms with Crippen LogP contribution in [0.3, 0.4) is 0 Å². The Morgan fingerprint density at radius 2 is 2.19 bits per heavy atom. The highest BCUT2D eigenvalue weighted by atomic mass is 16.8. The molecule has 5 nitrogen and oxygen atoms in total. The van der Waals surface area contributed by atoms with E-state index >= 15 is 0 Å². The van der Waals surface area contributed by atoms with Crippen LogP contribution in [0.2, 0.25) is 0 Å². The molecule has 1 aromatic rings. The van der Waals surface area contributed by atoms with Gasteiger partial charge in [0.05, 0.1) is 7.11 Å². The van der Waals surface area contributed by atoms with Gasteiger partial charge in [0.15, 0.2) is 0 Å². The number of benzene rings is 1. The molecule has 5 heteroatoms. The summed E-state index contributed by atoms with van der Waals surface area (Å²) < 4.78 is 9.85. The predicted octanol–water partition coefficient (Wildman–Crippen LogP) is 1.28. The van der Waals surface area contributed by atoms with Crippen LogP contribution < -0.4 is 0 Å². The van der Waals surface area contributed by atoms with E-state index in [1.54, 1.807) is 0 Å². The molecule has 84 valence electrons. The van der Waals surface area contributed by atoms with Crippen LogP contribution in [0.15, 0.2) is 35.5 Å². The molecule has 0 bridgehead atoms. The van der Waals surface area contributed by atoms with Gasteiger partial charge in [0, 0.05) is 5.56 Å². The van der Waals surface area contributed by atoms with E-state index in [1.807, 2.05) is 30.3 Å². The zero-order valence-electron chi connectivity index (χ0n) is 8.75. The lowest BCUT2D eigenvalue weighted by Gasteiger charge is -2.07. The molecule has 0 amide bonds. The first-order chi connectivity index (χ1) is 7.79. The minimum absolute atomic E-state index is 0.0241. The van der Waals surface area contributed by atoms with Crippen LogP contribution in [-0.4, -0.2) is 25.3 Å². The molecule has 0 saturated carbocycles. The molecule has 1 unspecified atom stereocenters. The zero-order valence-corrected chi connectivity index (χ0v) is 8.75. The van der Waals surface area contributed by atoms with Crippen LogP contribution in [0.5, 0.6) is 0 Å². The minimum Gasteiger partial charge on any atom is -0.469 e. The predicted molar refractivity (Wildman–Crippen MR) is 55.6 cm³/mol. The molecule has 1 heterocycles. The number of methoxy groups -OCH3 is 1. The number of rotatable bonds is 3. The van der Waals surface area contributed by atoms with E-state index in [0.717, 1.165) is 5.56 Å². The number of oxime groups is 1. The van der Waals surface area contributed by atoms with Crippen LogP contribution in [0.4, 0.5) is 0 Å². The fourth-order valence-corrected chi connectivity index (χ4v) is 1.27. The monoisotopic (exact) mass is 221 g/mol. The first kappa shape index (κ1) is 10.5. The van der Waals surface area contributed by atoms with Crippen molar-refractivity contribution in [3.05, 3.63) is 35.9 Å². The molecule has 1 aliphatic rings. The maximum Gasteiger partial charge on any atom is 0.313 e. The van der Waals surface area contributed by atoms with E-state index < -0.39 is 12.3 Å². The topological polar surface area (TPSA) is 57.1 Å².